The van der Waals surface area contributed by atoms with Crippen LogP contribution in [0.1, 0.15) is 57.9 Å². The van der Waals surface area contributed by atoms with Gasteiger partial charge in [-0.15, -0.1) is 11.3 Å². The number of aromatic nitrogens is 4. The number of alkyl halides is 2. The lowest BCUT2D eigenvalue weighted by molar-refractivity contribution is 0.0697. The molecule has 1 aliphatic heterocycles. The van der Waals surface area contributed by atoms with E-state index in [1.165, 1.54) is 18.2 Å². The molecule has 5 aromatic rings. The van der Waals surface area contributed by atoms with Crippen LogP contribution in [0.4, 0.5) is 22.0 Å². The van der Waals surface area contributed by atoms with E-state index in [1.54, 1.807) is 6.07 Å². The van der Waals surface area contributed by atoms with Gasteiger partial charge in [0.25, 0.3) is 12.3 Å². The van der Waals surface area contributed by atoms with Crippen molar-refractivity contribution in [3.63, 3.8) is 0 Å². The lowest BCUT2D eigenvalue weighted by atomic mass is 9.87. The zero-order chi connectivity index (χ0) is 32.0. The molecule has 0 saturated carbocycles. The monoisotopic (exact) mass is 644 g/mol. The van der Waals surface area contributed by atoms with Gasteiger partial charge < -0.3 is 19.1 Å². The molecule has 0 aliphatic carbocycles. The molecule has 14 heteroatoms. The van der Waals surface area contributed by atoms with E-state index in [4.69, 9.17) is 9.47 Å². The number of pyridine rings is 1. The van der Waals surface area contributed by atoms with Crippen molar-refractivity contribution < 1.29 is 41.3 Å². The first-order valence-corrected chi connectivity index (χ1v) is 14.5. The maximum Gasteiger partial charge on any atom is 0.335 e. The Hall–Kier alpha value is -4.43. The molecule has 1 N–H and O–H groups in total. The Labute approximate surface area is 257 Å². The molecule has 1 aliphatic rings. The number of benzene rings is 2. The normalized spacial score (nSPS) is 16.1. The molecule has 1 saturated heterocycles. The Morgan fingerprint density at radius 3 is 2.60 bits per heavy atom. The van der Waals surface area contributed by atoms with Crippen LogP contribution >= 0.6 is 11.3 Å². The van der Waals surface area contributed by atoms with E-state index in [2.05, 4.69) is 15.0 Å². The zero-order valence-corrected chi connectivity index (χ0v) is 24.7. The highest BCUT2D eigenvalue weighted by molar-refractivity contribution is 7.11. The molecule has 0 spiro atoms. The fourth-order valence-corrected chi connectivity index (χ4v) is 6.00. The summed E-state index contributed by atoms with van der Waals surface area (Å²) in [6, 6.07) is 8.38. The summed E-state index contributed by atoms with van der Waals surface area (Å²) in [5.41, 5.74) is 0.376. The lowest BCUT2D eigenvalue weighted by Crippen LogP contribution is -2.27. The van der Waals surface area contributed by atoms with Crippen molar-refractivity contribution in [1.29, 1.82) is 0 Å². The van der Waals surface area contributed by atoms with Crippen LogP contribution in [0, 0.1) is 22.9 Å². The van der Waals surface area contributed by atoms with Gasteiger partial charge in [0.15, 0.2) is 5.82 Å². The van der Waals surface area contributed by atoms with Crippen molar-refractivity contribution in [3.05, 3.63) is 92.9 Å². The summed E-state index contributed by atoms with van der Waals surface area (Å²) in [5, 5.41) is 9.72. The third-order valence-electron chi connectivity index (χ3n) is 7.67. The molecular formula is C31H25F5N4O4S. The summed E-state index contributed by atoms with van der Waals surface area (Å²) in [7, 11) is 0. The van der Waals surface area contributed by atoms with Crippen molar-refractivity contribution in [2.24, 2.45) is 5.41 Å². The Kier molecular flexibility index (Phi) is 8.04. The highest BCUT2D eigenvalue weighted by Gasteiger charge is 2.39. The smallest absolute Gasteiger partial charge is 0.335 e. The molecule has 8 nitrogen and oxygen atoms in total. The first-order valence-electron chi connectivity index (χ1n) is 13.7. The van der Waals surface area contributed by atoms with E-state index in [-0.39, 0.29) is 56.8 Å². The van der Waals surface area contributed by atoms with Crippen LogP contribution in [-0.2, 0) is 17.8 Å². The van der Waals surface area contributed by atoms with Crippen LogP contribution in [-0.4, -0.2) is 43.8 Å². The van der Waals surface area contributed by atoms with Crippen molar-refractivity contribution in [1.82, 2.24) is 19.5 Å². The number of fused-ring (bicyclic) bond motifs is 1. The number of carbonyl (C=O) groups is 1. The SMILES string of the molecule is CC1(C)COCC1n1c(Cc2cc(F)c(-c3ccc(F)c(OCc4ncc(C(F)F)s4)n3)cc2F)nc2ccc(C(=O)O)cc21. The van der Waals surface area contributed by atoms with Crippen LogP contribution in [0.15, 0.2) is 48.7 Å². The van der Waals surface area contributed by atoms with Crippen LogP contribution in [0.5, 0.6) is 5.88 Å². The van der Waals surface area contributed by atoms with Crippen molar-refractivity contribution in [2.45, 2.75) is 39.3 Å². The first kappa shape index (κ1) is 30.6. The summed E-state index contributed by atoms with van der Waals surface area (Å²) in [5.74, 6) is -3.72. The van der Waals surface area contributed by atoms with Gasteiger partial charge in [-0.1, -0.05) is 13.8 Å². The summed E-state index contributed by atoms with van der Waals surface area (Å²) in [6.45, 7) is 4.43. The standard InChI is InChI=1S/C31H25F5N4O4S/c1-31(2)14-43-12-25(31)40-23-8-15(30(41)42)3-5-22(23)38-26(40)9-16-7-20(34)17(10-19(16)33)21-6-4-18(32)29(39-21)44-13-27-37-11-24(45-27)28(35)36/h3-8,10-11,25,28H,9,12-14H2,1-2H3,(H,41,42). The number of imidazole rings is 1. The second-order valence-corrected chi connectivity index (χ2v) is 12.4. The maximum absolute atomic E-state index is 15.6. The number of hydrogen-bond donors (Lipinski definition) is 1. The predicted octanol–water partition coefficient (Wildman–Crippen LogP) is 7.38. The third kappa shape index (κ3) is 5.99. The molecule has 4 heterocycles. The molecule has 3 aromatic heterocycles. The van der Waals surface area contributed by atoms with Gasteiger partial charge in [0, 0.05) is 23.6 Å². The fraction of sp³-hybridized carbons (Fsp3) is 0.290. The molecule has 0 radical (unpaired) electrons. The number of rotatable bonds is 9. The molecule has 0 amide bonds. The number of carboxylic acid groups (broad SMARTS) is 1. The molecular weight excluding hydrogens is 619 g/mol. The maximum atomic E-state index is 15.6. The zero-order valence-electron chi connectivity index (χ0n) is 23.9. The van der Waals surface area contributed by atoms with E-state index in [1.807, 2.05) is 18.4 Å². The van der Waals surface area contributed by atoms with Gasteiger partial charge >= 0.3 is 5.97 Å². The van der Waals surface area contributed by atoms with Crippen LogP contribution in [0.25, 0.3) is 22.3 Å². The van der Waals surface area contributed by atoms with E-state index in [9.17, 15) is 23.1 Å². The lowest BCUT2D eigenvalue weighted by Gasteiger charge is -2.28. The van der Waals surface area contributed by atoms with Gasteiger partial charge in [0.05, 0.1) is 46.4 Å². The fourth-order valence-electron chi connectivity index (χ4n) is 5.31. The molecule has 1 unspecified atom stereocenters. The van der Waals surface area contributed by atoms with Gasteiger partial charge in [-0.05, 0) is 48.0 Å². The summed E-state index contributed by atoms with van der Waals surface area (Å²) in [6.07, 6.45) is -1.83. The Morgan fingerprint density at radius 2 is 1.91 bits per heavy atom. The molecule has 2 aromatic carbocycles. The first-order chi connectivity index (χ1) is 21.4. The number of carboxylic acids is 1. The van der Waals surface area contributed by atoms with E-state index in [0.29, 0.717) is 41.4 Å². The summed E-state index contributed by atoms with van der Waals surface area (Å²) < 4.78 is 84.1. The summed E-state index contributed by atoms with van der Waals surface area (Å²) >= 11 is 0.699. The average Bonchev–Trinajstić information content (AvgIpc) is 3.70. The Balaban J connectivity index is 1.32. The Bertz CT molecular complexity index is 1930. The van der Waals surface area contributed by atoms with Crippen molar-refractivity contribution >= 4 is 28.3 Å². The highest BCUT2D eigenvalue weighted by Crippen LogP contribution is 2.41. The number of ether oxygens (including phenoxy) is 2. The molecule has 1 fully saturated rings. The predicted molar refractivity (Wildman–Crippen MR) is 154 cm³/mol. The van der Waals surface area contributed by atoms with E-state index in [0.717, 1.165) is 24.4 Å². The number of aromatic carboxylic acids is 1. The second-order valence-electron chi connectivity index (χ2n) is 11.3. The number of nitrogens with zero attached hydrogens (tertiary/aromatic N) is 4. The number of thiazole rings is 1. The molecule has 1 atom stereocenters. The minimum absolute atomic E-state index is 0.0137. The Morgan fingerprint density at radius 1 is 1.11 bits per heavy atom. The molecule has 6 rings (SSSR count). The highest BCUT2D eigenvalue weighted by atomic mass is 32.1. The summed E-state index contributed by atoms with van der Waals surface area (Å²) in [4.78, 5) is 23.9. The van der Waals surface area contributed by atoms with Gasteiger partial charge in [-0.25, -0.2) is 41.7 Å². The van der Waals surface area contributed by atoms with Gasteiger partial charge in [0.2, 0.25) is 0 Å². The molecule has 45 heavy (non-hydrogen) atoms. The van der Waals surface area contributed by atoms with Crippen LogP contribution in [0.2, 0.25) is 0 Å². The topological polar surface area (TPSA) is 99.4 Å². The van der Waals surface area contributed by atoms with Gasteiger partial charge in [0.1, 0.15) is 29.1 Å². The molecule has 0 bridgehead atoms. The average molecular weight is 645 g/mol. The number of halogens is 5. The third-order valence-corrected chi connectivity index (χ3v) is 8.64. The van der Waals surface area contributed by atoms with Crippen LogP contribution < -0.4 is 4.74 Å². The molecule has 234 valence electrons. The number of hydrogen-bond acceptors (Lipinski definition) is 7. The van der Waals surface area contributed by atoms with E-state index < -0.39 is 35.7 Å². The minimum Gasteiger partial charge on any atom is -0.478 e. The van der Waals surface area contributed by atoms with Crippen molar-refractivity contribution in [2.75, 3.05) is 13.2 Å². The second kappa shape index (κ2) is 11.8. The quantitative estimate of drug-likeness (QED) is 0.167. The van der Waals surface area contributed by atoms with E-state index >= 15 is 8.78 Å². The van der Waals surface area contributed by atoms with Gasteiger partial charge in [-0.2, -0.15) is 0 Å². The minimum atomic E-state index is -2.71. The van der Waals surface area contributed by atoms with Crippen LogP contribution in [0.3, 0.4) is 0 Å². The largest absolute Gasteiger partial charge is 0.478 e. The van der Waals surface area contributed by atoms with Crippen molar-refractivity contribution in [3.8, 4) is 17.1 Å². The van der Waals surface area contributed by atoms with Gasteiger partial charge in [-0.3, -0.25) is 0 Å².